The third kappa shape index (κ3) is 2.96. The third-order valence-electron chi connectivity index (χ3n) is 2.34. The molecule has 0 aliphatic rings. The molecule has 0 aliphatic heterocycles. The van der Waals surface area contributed by atoms with E-state index in [1.165, 1.54) is 0 Å². The fourth-order valence-electron chi connectivity index (χ4n) is 1.09. The van der Waals surface area contributed by atoms with E-state index in [2.05, 4.69) is 5.92 Å². The lowest BCUT2D eigenvalue weighted by molar-refractivity contribution is -0.143. The molecule has 2 heteroatoms. The lowest BCUT2D eigenvalue weighted by Crippen LogP contribution is -2.24. The highest BCUT2D eigenvalue weighted by Gasteiger charge is 2.25. The Balaban J connectivity index is 4.31. The zero-order chi connectivity index (χ0) is 9.72. The molecule has 12 heavy (non-hydrogen) atoms. The second-order valence-corrected chi connectivity index (χ2v) is 3.46. The summed E-state index contributed by atoms with van der Waals surface area (Å²) in [6.07, 6.45) is 5.42. The number of hydrogen-bond donors (Lipinski definition) is 1. The Hall–Kier alpha value is -0.970. The summed E-state index contributed by atoms with van der Waals surface area (Å²) in [5.41, 5.74) is 0. The van der Waals surface area contributed by atoms with E-state index in [1.807, 2.05) is 20.8 Å². The van der Waals surface area contributed by atoms with Gasteiger partial charge in [0.05, 0.1) is 5.92 Å². The molecular weight excluding hydrogens is 152 g/mol. The third-order valence-corrected chi connectivity index (χ3v) is 2.34. The molecule has 2 atom stereocenters. The Labute approximate surface area is 74.0 Å². The highest BCUT2D eigenvalue weighted by atomic mass is 16.4. The van der Waals surface area contributed by atoms with Gasteiger partial charge in [-0.15, -0.1) is 12.3 Å². The standard InChI is InChI=1S/C10H16O2/c1-5-6-9(10(11)12)8(4)7(2)3/h1,7-9H,6H2,2-4H3,(H,11,12). The molecule has 0 aromatic rings. The molecule has 2 unspecified atom stereocenters. The van der Waals surface area contributed by atoms with Crippen LogP contribution in [0.3, 0.4) is 0 Å². The minimum Gasteiger partial charge on any atom is -0.481 e. The fourth-order valence-corrected chi connectivity index (χ4v) is 1.09. The van der Waals surface area contributed by atoms with Gasteiger partial charge in [-0.05, 0) is 11.8 Å². The van der Waals surface area contributed by atoms with Crippen molar-refractivity contribution in [1.29, 1.82) is 0 Å². The minimum atomic E-state index is -0.783. The summed E-state index contributed by atoms with van der Waals surface area (Å²) in [7, 11) is 0. The number of carboxylic acids is 1. The average Bonchev–Trinajstić information content (AvgIpc) is 1.98. The summed E-state index contributed by atoms with van der Waals surface area (Å²) in [5.74, 6) is 1.73. The van der Waals surface area contributed by atoms with E-state index in [1.54, 1.807) is 0 Å². The first-order valence-electron chi connectivity index (χ1n) is 4.17. The molecule has 68 valence electrons. The van der Waals surface area contributed by atoms with Crippen molar-refractivity contribution < 1.29 is 9.90 Å². The summed E-state index contributed by atoms with van der Waals surface area (Å²) >= 11 is 0. The van der Waals surface area contributed by atoms with E-state index in [0.29, 0.717) is 12.3 Å². The van der Waals surface area contributed by atoms with Crippen molar-refractivity contribution in [3.63, 3.8) is 0 Å². The molecule has 0 spiro atoms. The predicted octanol–water partition coefficient (Wildman–Crippen LogP) is 2.00. The highest BCUT2D eigenvalue weighted by molar-refractivity contribution is 5.70. The molecule has 1 N–H and O–H groups in total. The first kappa shape index (κ1) is 11.0. The van der Waals surface area contributed by atoms with Crippen LogP contribution < -0.4 is 0 Å². The zero-order valence-electron chi connectivity index (χ0n) is 7.87. The van der Waals surface area contributed by atoms with Crippen LogP contribution in [0, 0.1) is 30.1 Å². The van der Waals surface area contributed by atoms with Crippen molar-refractivity contribution in [2.45, 2.75) is 27.2 Å². The van der Waals surface area contributed by atoms with Crippen molar-refractivity contribution >= 4 is 5.97 Å². The molecule has 0 amide bonds. The van der Waals surface area contributed by atoms with Crippen LogP contribution in [0.2, 0.25) is 0 Å². The largest absolute Gasteiger partial charge is 0.481 e. The normalized spacial score (nSPS) is 15.2. The number of terminal acetylenes is 1. The van der Waals surface area contributed by atoms with Gasteiger partial charge in [0.15, 0.2) is 0 Å². The minimum absolute atomic E-state index is 0.138. The Kier molecular flexibility index (Phi) is 4.43. The van der Waals surface area contributed by atoms with Crippen LogP contribution in [-0.2, 0) is 4.79 Å². The van der Waals surface area contributed by atoms with Crippen molar-refractivity contribution in [1.82, 2.24) is 0 Å². The molecular formula is C10H16O2. The average molecular weight is 168 g/mol. The molecule has 2 nitrogen and oxygen atoms in total. The SMILES string of the molecule is C#CCC(C(=O)O)C(C)C(C)C. The van der Waals surface area contributed by atoms with Gasteiger partial charge in [0.1, 0.15) is 0 Å². The quantitative estimate of drug-likeness (QED) is 0.652. The van der Waals surface area contributed by atoms with Crippen LogP contribution >= 0.6 is 0 Å². The predicted molar refractivity (Wildman–Crippen MR) is 48.6 cm³/mol. The molecule has 0 saturated carbocycles. The molecule has 0 heterocycles. The summed E-state index contributed by atoms with van der Waals surface area (Å²) in [6, 6.07) is 0. The van der Waals surface area contributed by atoms with Gasteiger partial charge in [0, 0.05) is 6.42 Å². The molecule has 0 aliphatic carbocycles. The van der Waals surface area contributed by atoms with Gasteiger partial charge in [0.2, 0.25) is 0 Å². The maximum Gasteiger partial charge on any atom is 0.307 e. The van der Waals surface area contributed by atoms with E-state index in [0.717, 1.165) is 0 Å². The van der Waals surface area contributed by atoms with Gasteiger partial charge >= 0.3 is 5.97 Å². The van der Waals surface area contributed by atoms with E-state index >= 15 is 0 Å². The van der Waals surface area contributed by atoms with Crippen LogP contribution in [0.4, 0.5) is 0 Å². The van der Waals surface area contributed by atoms with Gasteiger partial charge in [-0.3, -0.25) is 4.79 Å². The van der Waals surface area contributed by atoms with Crippen LogP contribution in [0.25, 0.3) is 0 Å². The van der Waals surface area contributed by atoms with Crippen LogP contribution in [0.15, 0.2) is 0 Å². The van der Waals surface area contributed by atoms with Gasteiger partial charge in [0.25, 0.3) is 0 Å². The van der Waals surface area contributed by atoms with Crippen LogP contribution in [-0.4, -0.2) is 11.1 Å². The number of hydrogen-bond acceptors (Lipinski definition) is 1. The first-order chi connectivity index (χ1) is 5.50. The van der Waals surface area contributed by atoms with Crippen molar-refractivity contribution in [3.8, 4) is 12.3 Å². The van der Waals surface area contributed by atoms with Gasteiger partial charge in [-0.1, -0.05) is 20.8 Å². The number of aliphatic carboxylic acids is 1. The molecule has 0 aromatic carbocycles. The maximum absolute atomic E-state index is 10.7. The summed E-state index contributed by atoms with van der Waals surface area (Å²) in [6.45, 7) is 5.95. The Morgan fingerprint density at radius 1 is 1.50 bits per heavy atom. The monoisotopic (exact) mass is 168 g/mol. The van der Waals surface area contributed by atoms with Gasteiger partial charge in [-0.25, -0.2) is 0 Å². The number of carbonyl (C=O) groups is 1. The Bertz CT molecular complexity index is 189. The zero-order valence-corrected chi connectivity index (χ0v) is 7.87. The highest BCUT2D eigenvalue weighted by Crippen LogP contribution is 2.23. The Morgan fingerprint density at radius 3 is 2.25 bits per heavy atom. The van der Waals surface area contributed by atoms with Gasteiger partial charge in [-0.2, -0.15) is 0 Å². The summed E-state index contributed by atoms with van der Waals surface area (Å²) < 4.78 is 0. The number of carboxylic acid groups (broad SMARTS) is 1. The van der Waals surface area contributed by atoms with E-state index in [9.17, 15) is 4.79 Å². The van der Waals surface area contributed by atoms with E-state index < -0.39 is 11.9 Å². The molecule has 0 aromatic heterocycles. The van der Waals surface area contributed by atoms with Gasteiger partial charge < -0.3 is 5.11 Å². The Morgan fingerprint density at radius 2 is 2.00 bits per heavy atom. The van der Waals surface area contributed by atoms with Crippen LogP contribution in [0.1, 0.15) is 27.2 Å². The number of rotatable bonds is 4. The molecule has 0 saturated heterocycles. The van der Waals surface area contributed by atoms with E-state index in [-0.39, 0.29) is 5.92 Å². The molecule has 0 radical (unpaired) electrons. The maximum atomic E-state index is 10.7. The molecule has 0 rings (SSSR count). The summed E-state index contributed by atoms with van der Waals surface area (Å²) in [4.78, 5) is 10.7. The fraction of sp³-hybridized carbons (Fsp3) is 0.700. The topological polar surface area (TPSA) is 37.3 Å². The van der Waals surface area contributed by atoms with Crippen molar-refractivity contribution in [2.24, 2.45) is 17.8 Å². The second-order valence-electron chi connectivity index (χ2n) is 3.46. The lowest BCUT2D eigenvalue weighted by Gasteiger charge is -2.21. The lowest BCUT2D eigenvalue weighted by atomic mass is 9.83. The molecule has 0 fully saturated rings. The molecule has 0 bridgehead atoms. The van der Waals surface area contributed by atoms with E-state index in [4.69, 9.17) is 11.5 Å². The second kappa shape index (κ2) is 4.82. The van der Waals surface area contributed by atoms with Crippen molar-refractivity contribution in [3.05, 3.63) is 0 Å². The smallest absolute Gasteiger partial charge is 0.307 e. The van der Waals surface area contributed by atoms with Crippen LogP contribution in [0.5, 0.6) is 0 Å². The first-order valence-corrected chi connectivity index (χ1v) is 4.17. The summed E-state index contributed by atoms with van der Waals surface area (Å²) in [5, 5.41) is 8.83. The van der Waals surface area contributed by atoms with Crippen molar-refractivity contribution in [2.75, 3.05) is 0 Å².